The second-order valence-corrected chi connectivity index (χ2v) is 8.13. The van der Waals surface area contributed by atoms with Gasteiger partial charge in [0.25, 0.3) is 0 Å². The minimum Gasteiger partial charge on any atom is -0.465 e. The van der Waals surface area contributed by atoms with Crippen molar-refractivity contribution in [2.24, 2.45) is 5.92 Å². The van der Waals surface area contributed by atoms with Crippen LogP contribution in [0.5, 0.6) is 0 Å². The maximum absolute atomic E-state index is 12.1. The van der Waals surface area contributed by atoms with Crippen molar-refractivity contribution in [1.29, 1.82) is 0 Å². The Morgan fingerprint density at radius 1 is 1.08 bits per heavy atom. The molecule has 1 N–H and O–H groups in total. The molecule has 25 heavy (non-hydrogen) atoms. The van der Waals surface area contributed by atoms with E-state index in [0.717, 1.165) is 23.5 Å². The fourth-order valence-electron chi connectivity index (χ4n) is 2.63. The Morgan fingerprint density at radius 2 is 1.76 bits per heavy atom. The van der Waals surface area contributed by atoms with E-state index in [1.54, 1.807) is 11.8 Å². The molecule has 0 saturated carbocycles. The van der Waals surface area contributed by atoms with E-state index in [0.29, 0.717) is 12.5 Å². The summed E-state index contributed by atoms with van der Waals surface area (Å²) < 4.78 is 5.22. The Balaban J connectivity index is 2.46. The summed E-state index contributed by atoms with van der Waals surface area (Å²) >= 11 is 1.61. The third-order valence-electron chi connectivity index (χ3n) is 3.98. The maximum Gasteiger partial charge on any atom is 0.319 e. The highest BCUT2D eigenvalue weighted by Crippen LogP contribution is 2.29. The summed E-state index contributed by atoms with van der Waals surface area (Å²) in [5, 5.41) is 3.35. The summed E-state index contributed by atoms with van der Waals surface area (Å²) in [5.74, 6) is 0.367. The lowest BCUT2D eigenvalue weighted by Gasteiger charge is -2.17. The van der Waals surface area contributed by atoms with Crippen molar-refractivity contribution in [1.82, 2.24) is 0 Å². The largest absolute Gasteiger partial charge is 0.465 e. The minimum absolute atomic E-state index is 0.101. The number of esters is 1. The number of benzene rings is 1. The zero-order valence-electron chi connectivity index (χ0n) is 16.3. The molecule has 0 unspecified atom stereocenters. The van der Waals surface area contributed by atoms with Gasteiger partial charge in [-0.2, -0.15) is 0 Å². The first kappa shape index (κ1) is 21.9. The van der Waals surface area contributed by atoms with Gasteiger partial charge in [0.1, 0.15) is 5.25 Å². The van der Waals surface area contributed by atoms with Crippen molar-refractivity contribution in [3.05, 3.63) is 24.3 Å². The maximum atomic E-state index is 12.1. The van der Waals surface area contributed by atoms with Gasteiger partial charge >= 0.3 is 5.97 Å². The molecule has 1 atom stereocenters. The van der Waals surface area contributed by atoms with Crippen LogP contribution < -0.4 is 5.32 Å². The van der Waals surface area contributed by atoms with Crippen LogP contribution in [0.1, 0.15) is 66.2 Å². The van der Waals surface area contributed by atoms with Crippen LogP contribution in [-0.4, -0.2) is 24.4 Å². The molecule has 3 nitrogen and oxygen atoms in total. The second-order valence-electron chi connectivity index (χ2n) is 6.85. The van der Waals surface area contributed by atoms with Gasteiger partial charge in [0, 0.05) is 17.1 Å². The molecule has 0 aliphatic carbocycles. The number of ether oxygens (including phenoxy) is 1. The van der Waals surface area contributed by atoms with Crippen LogP contribution in [0.15, 0.2) is 29.2 Å². The van der Waals surface area contributed by atoms with E-state index >= 15 is 0 Å². The molecule has 0 amide bonds. The number of thioether (sulfide) groups is 1. The Bertz CT molecular complexity index is 473. The third kappa shape index (κ3) is 9.78. The molecule has 1 aromatic carbocycles. The van der Waals surface area contributed by atoms with E-state index < -0.39 is 0 Å². The molecule has 1 aromatic rings. The molecular formula is C21H35NO2S. The Morgan fingerprint density at radius 3 is 2.36 bits per heavy atom. The highest BCUT2D eigenvalue weighted by Gasteiger charge is 2.22. The quantitative estimate of drug-likeness (QED) is 0.259. The van der Waals surface area contributed by atoms with E-state index in [1.165, 1.54) is 32.1 Å². The van der Waals surface area contributed by atoms with Crippen LogP contribution in [0.3, 0.4) is 0 Å². The van der Waals surface area contributed by atoms with Crippen molar-refractivity contribution in [2.75, 3.05) is 18.5 Å². The van der Waals surface area contributed by atoms with E-state index in [9.17, 15) is 4.79 Å². The van der Waals surface area contributed by atoms with Gasteiger partial charge in [-0.1, -0.05) is 46.5 Å². The number of hydrogen-bond donors (Lipinski definition) is 1. The fourth-order valence-corrected chi connectivity index (χ4v) is 3.90. The number of rotatable bonds is 13. The van der Waals surface area contributed by atoms with E-state index in [4.69, 9.17) is 4.74 Å². The average molecular weight is 366 g/mol. The first-order valence-electron chi connectivity index (χ1n) is 9.74. The number of nitrogens with one attached hydrogen (secondary N) is 1. The molecule has 0 aliphatic heterocycles. The van der Waals surface area contributed by atoms with Crippen LogP contribution in [0.4, 0.5) is 5.69 Å². The standard InChI is InChI=1S/C21H35NO2S/c1-5-7-8-9-10-15-22-18-11-13-19(14-12-18)25-20(16-17(3)4)21(23)24-6-2/h11-14,17,20,22H,5-10,15-16H2,1-4H3/t20-/m1/s1. The first-order valence-corrected chi connectivity index (χ1v) is 10.6. The van der Waals surface area contributed by atoms with Crippen molar-refractivity contribution < 1.29 is 9.53 Å². The van der Waals surface area contributed by atoms with Crippen LogP contribution in [0, 0.1) is 5.92 Å². The molecule has 0 bridgehead atoms. The summed E-state index contributed by atoms with van der Waals surface area (Å²) in [4.78, 5) is 13.3. The molecule has 1 rings (SSSR count). The molecule has 0 saturated heterocycles. The number of anilines is 1. The van der Waals surface area contributed by atoms with E-state index in [-0.39, 0.29) is 11.2 Å². The molecule has 0 fully saturated rings. The average Bonchev–Trinajstić information content (AvgIpc) is 2.58. The molecule has 0 heterocycles. The lowest BCUT2D eigenvalue weighted by molar-refractivity contribution is -0.142. The van der Waals surface area contributed by atoms with Crippen molar-refractivity contribution in [3.63, 3.8) is 0 Å². The monoisotopic (exact) mass is 365 g/mol. The number of hydrogen-bond acceptors (Lipinski definition) is 4. The normalized spacial score (nSPS) is 12.2. The zero-order chi connectivity index (χ0) is 18.5. The van der Waals surface area contributed by atoms with Gasteiger partial charge in [0.15, 0.2) is 0 Å². The van der Waals surface area contributed by atoms with Gasteiger partial charge in [-0.15, -0.1) is 11.8 Å². The van der Waals surface area contributed by atoms with E-state index in [2.05, 4.69) is 50.4 Å². The van der Waals surface area contributed by atoms with Crippen LogP contribution >= 0.6 is 11.8 Å². The molecule has 0 radical (unpaired) electrons. The minimum atomic E-state index is -0.127. The molecule has 4 heteroatoms. The summed E-state index contributed by atoms with van der Waals surface area (Å²) in [5.41, 5.74) is 1.15. The summed E-state index contributed by atoms with van der Waals surface area (Å²) in [6.07, 6.45) is 7.31. The number of carbonyl (C=O) groups is 1. The summed E-state index contributed by atoms with van der Waals surface area (Å²) in [7, 11) is 0. The molecular weight excluding hydrogens is 330 g/mol. The van der Waals surface area contributed by atoms with Gasteiger partial charge in [-0.3, -0.25) is 4.79 Å². The van der Waals surface area contributed by atoms with Crippen molar-refractivity contribution >= 4 is 23.4 Å². The lowest BCUT2D eigenvalue weighted by Crippen LogP contribution is -2.22. The predicted octanol–water partition coefficient (Wildman–Crippen LogP) is 6.14. The topological polar surface area (TPSA) is 38.3 Å². The van der Waals surface area contributed by atoms with Crippen molar-refractivity contribution in [2.45, 2.75) is 76.4 Å². The Hall–Kier alpha value is -1.16. The van der Waals surface area contributed by atoms with Crippen LogP contribution in [-0.2, 0) is 9.53 Å². The lowest BCUT2D eigenvalue weighted by atomic mass is 10.1. The Kier molecular flexibility index (Phi) is 11.5. The highest BCUT2D eigenvalue weighted by molar-refractivity contribution is 8.00. The van der Waals surface area contributed by atoms with Gasteiger partial charge in [-0.05, 0) is 49.9 Å². The zero-order valence-corrected chi connectivity index (χ0v) is 17.2. The summed E-state index contributed by atoms with van der Waals surface area (Å²) in [6.45, 7) is 9.84. The smallest absolute Gasteiger partial charge is 0.319 e. The van der Waals surface area contributed by atoms with Gasteiger partial charge in [-0.25, -0.2) is 0 Å². The second kappa shape index (κ2) is 13.1. The van der Waals surface area contributed by atoms with Gasteiger partial charge < -0.3 is 10.1 Å². The Labute approximate surface area is 158 Å². The number of carbonyl (C=O) groups excluding carboxylic acids is 1. The summed E-state index contributed by atoms with van der Waals surface area (Å²) in [6, 6.07) is 8.39. The first-order chi connectivity index (χ1) is 12.1. The fraction of sp³-hybridized carbons (Fsp3) is 0.667. The van der Waals surface area contributed by atoms with Gasteiger partial charge in [0.05, 0.1) is 6.61 Å². The van der Waals surface area contributed by atoms with Gasteiger partial charge in [0.2, 0.25) is 0 Å². The predicted molar refractivity (Wildman–Crippen MR) is 109 cm³/mol. The molecule has 0 aromatic heterocycles. The molecule has 0 aliphatic rings. The van der Waals surface area contributed by atoms with E-state index in [1.807, 2.05) is 6.92 Å². The third-order valence-corrected chi connectivity index (χ3v) is 5.19. The molecule has 142 valence electrons. The number of unbranched alkanes of at least 4 members (excludes halogenated alkanes) is 4. The SMILES string of the molecule is CCCCCCCNc1ccc(S[C@H](CC(C)C)C(=O)OCC)cc1. The van der Waals surface area contributed by atoms with Crippen LogP contribution in [0.2, 0.25) is 0 Å². The highest BCUT2D eigenvalue weighted by atomic mass is 32.2. The van der Waals surface area contributed by atoms with Crippen LogP contribution in [0.25, 0.3) is 0 Å². The van der Waals surface area contributed by atoms with Crippen molar-refractivity contribution in [3.8, 4) is 0 Å². The molecule has 0 spiro atoms.